The van der Waals surface area contributed by atoms with Crippen molar-refractivity contribution >= 4 is 10.9 Å². The molecule has 1 aliphatic rings. The SMILES string of the molecule is COCCn1nnc([C@@H]2CN(Cc3cc(=O)c4cc(C)ccc4[nH]3)CCO2)n1. The summed E-state index contributed by atoms with van der Waals surface area (Å²) in [5, 5.41) is 13.3. The number of ether oxygens (including phenoxy) is 2. The molecule has 3 heterocycles. The Labute approximate surface area is 162 Å². The molecule has 1 N–H and O–H groups in total. The Kier molecular flexibility index (Phi) is 5.47. The van der Waals surface area contributed by atoms with Crippen LogP contribution in [0.25, 0.3) is 10.9 Å². The van der Waals surface area contributed by atoms with Crippen molar-refractivity contribution in [1.29, 1.82) is 0 Å². The van der Waals surface area contributed by atoms with Crippen LogP contribution in [0.15, 0.2) is 29.1 Å². The Morgan fingerprint density at radius 3 is 3.11 bits per heavy atom. The van der Waals surface area contributed by atoms with Gasteiger partial charge in [-0.1, -0.05) is 11.6 Å². The van der Waals surface area contributed by atoms with Crippen LogP contribution in [-0.2, 0) is 22.6 Å². The third-order valence-electron chi connectivity index (χ3n) is 4.84. The molecule has 0 unspecified atom stereocenters. The number of fused-ring (bicyclic) bond motifs is 1. The van der Waals surface area contributed by atoms with Gasteiger partial charge in [-0.25, -0.2) is 0 Å². The Bertz CT molecular complexity index is 1010. The van der Waals surface area contributed by atoms with E-state index >= 15 is 0 Å². The number of nitrogens with zero attached hydrogens (tertiary/aromatic N) is 5. The summed E-state index contributed by atoms with van der Waals surface area (Å²) in [5.74, 6) is 0.572. The number of H-pyrrole nitrogens is 1. The van der Waals surface area contributed by atoms with Crippen molar-refractivity contribution in [3.05, 3.63) is 51.6 Å². The predicted molar refractivity (Wildman–Crippen MR) is 103 cm³/mol. The Morgan fingerprint density at radius 1 is 1.36 bits per heavy atom. The molecule has 1 atom stereocenters. The lowest BCUT2D eigenvalue weighted by molar-refractivity contribution is -0.0377. The number of nitrogens with one attached hydrogen (secondary N) is 1. The molecule has 1 fully saturated rings. The van der Waals surface area contributed by atoms with E-state index < -0.39 is 0 Å². The third kappa shape index (κ3) is 4.11. The molecule has 9 heteroatoms. The molecule has 2 aromatic heterocycles. The number of aromatic nitrogens is 5. The van der Waals surface area contributed by atoms with Crippen molar-refractivity contribution in [2.24, 2.45) is 0 Å². The lowest BCUT2D eigenvalue weighted by Crippen LogP contribution is -2.38. The summed E-state index contributed by atoms with van der Waals surface area (Å²) < 4.78 is 10.9. The smallest absolute Gasteiger partial charge is 0.204 e. The minimum absolute atomic E-state index is 0.0417. The maximum Gasteiger partial charge on any atom is 0.204 e. The normalized spacial score (nSPS) is 18.0. The molecule has 4 rings (SSSR count). The molecule has 0 amide bonds. The maximum absolute atomic E-state index is 12.5. The second-order valence-electron chi connectivity index (χ2n) is 7.04. The number of benzene rings is 1. The van der Waals surface area contributed by atoms with E-state index in [-0.39, 0.29) is 11.5 Å². The lowest BCUT2D eigenvalue weighted by atomic mass is 10.1. The molecule has 0 bridgehead atoms. The van der Waals surface area contributed by atoms with Gasteiger partial charge in [0.1, 0.15) is 6.10 Å². The molecule has 1 aliphatic heterocycles. The quantitative estimate of drug-likeness (QED) is 0.678. The highest BCUT2D eigenvalue weighted by Gasteiger charge is 2.26. The summed E-state index contributed by atoms with van der Waals surface area (Å²) >= 11 is 0. The van der Waals surface area contributed by atoms with Crippen molar-refractivity contribution < 1.29 is 9.47 Å². The van der Waals surface area contributed by atoms with Gasteiger partial charge in [-0.2, -0.15) is 4.80 Å². The Hall–Kier alpha value is -2.62. The first-order valence-electron chi connectivity index (χ1n) is 9.35. The molecule has 3 aromatic rings. The van der Waals surface area contributed by atoms with Crippen molar-refractivity contribution in [2.75, 3.05) is 33.4 Å². The zero-order chi connectivity index (χ0) is 19.5. The van der Waals surface area contributed by atoms with Gasteiger partial charge < -0.3 is 14.5 Å². The van der Waals surface area contributed by atoms with E-state index in [2.05, 4.69) is 25.3 Å². The minimum Gasteiger partial charge on any atom is -0.383 e. The van der Waals surface area contributed by atoms with E-state index in [9.17, 15) is 4.79 Å². The fraction of sp³-hybridized carbons (Fsp3) is 0.474. The fourth-order valence-electron chi connectivity index (χ4n) is 3.40. The predicted octanol–water partition coefficient (Wildman–Crippen LogP) is 1.04. The molecule has 9 nitrogen and oxygen atoms in total. The standard InChI is InChI=1S/C19H24N6O3/c1-13-3-4-16-15(9-13)17(26)10-14(20-16)11-24-5-8-28-18(12-24)19-21-23-25(22-19)6-7-27-2/h3-4,9-10,18H,5-8,11-12H2,1-2H3,(H,20,26)/t18-/m0/s1. The summed E-state index contributed by atoms with van der Waals surface area (Å²) in [6, 6.07) is 7.57. The highest BCUT2D eigenvalue weighted by atomic mass is 16.5. The van der Waals surface area contributed by atoms with Gasteiger partial charge in [0.2, 0.25) is 5.82 Å². The van der Waals surface area contributed by atoms with Crippen LogP contribution in [0.5, 0.6) is 0 Å². The average molecular weight is 384 g/mol. The first-order valence-corrected chi connectivity index (χ1v) is 9.35. The summed E-state index contributed by atoms with van der Waals surface area (Å²) in [5.41, 5.74) is 2.87. The maximum atomic E-state index is 12.5. The number of aryl methyl sites for hydroxylation is 1. The van der Waals surface area contributed by atoms with Gasteiger partial charge >= 0.3 is 0 Å². The highest BCUT2D eigenvalue weighted by Crippen LogP contribution is 2.20. The lowest BCUT2D eigenvalue weighted by Gasteiger charge is -2.31. The van der Waals surface area contributed by atoms with Gasteiger partial charge in [0.25, 0.3) is 0 Å². The van der Waals surface area contributed by atoms with Crippen molar-refractivity contribution in [3.63, 3.8) is 0 Å². The van der Waals surface area contributed by atoms with Gasteiger partial charge in [0.15, 0.2) is 5.43 Å². The van der Waals surface area contributed by atoms with Crippen molar-refractivity contribution in [1.82, 2.24) is 30.1 Å². The van der Waals surface area contributed by atoms with Crippen LogP contribution < -0.4 is 5.43 Å². The van der Waals surface area contributed by atoms with E-state index in [4.69, 9.17) is 9.47 Å². The topological polar surface area (TPSA) is 98.2 Å². The number of aromatic amines is 1. The van der Waals surface area contributed by atoms with Gasteiger partial charge in [0, 0.05) is 49.4 Å². The molecule has 148 valence electrons. The second kappa shape index (κ2) is 8.17. The summed E-state index contributed by atoms with van der Waals surface area (Å²) in [6.07, 6.45) is -0.236. The van der Waals surface area contributed by atoms with Gasteiger partial charge in [0.05, 0.1) is 19.8 Å². The number of hydrogen-bond donors (Lipinski definition) is 1. The second-order valence-corrected chi connectivity index (χ2v) is 7.04. The summed E-state index contributed by atoms with van der Waals surface area (Å²) in [7, 11) is 1.64. The van der Waals surface area contributed by atoms with Gasteiger partial charge in [-0.15, -0.1) is 10.2 Å². The Morgan fingerprint density at radius 2 is 2.25 bits per heavy atom. The van der Waals surface area contributed by atoms with Crippen molar-refractivity contribution in [3.8, 4) is 0 Å². The molecule has 1 saturated heterocycles. The number of hydrogen-bond acceptors (Lipinski definition) is 7. The summed E-state index contributed by atoms with van der Waals surface area (Å²) in [6.45, 7) is 5.71. The first kappa shape index (κ1) is 18.7. The van der Waals surface area contributed by atoms with E-state index in [1.54, 1.807) is 13.2 Å². The molecular formula is C19H24N6O3. The van der Waals surface area contributed by atoms with Crippen LogP contribution >= 0.6 is 0 Å². The molecule has 1 aromatic carbocycles. The van der Waals surface area contributed by atoms with Gasteiger partial charge in [-0.05, 0) is 24.3 Å². The minimum atomic E-state index is -0.236. The first-order chi connectivity index (χ1) is 13.6. The van der Waals surface area contributed by atoms with Crippen LogP contribution in [0.4, 0.5) is 0 Å². The summed E-state index contributed by atoms with van der Waals surface area (Å²) in [4.78, 5) is 19.6. The van der Waals surface area contributed by atoms with Crippen LogP contribution in [0, 0.1) is 6.92 Å². The van der Waals surface area contributed by atoms with Crippen LogP contribution in [-0.4, -0.2) is 63.5 Å². The van der Waals surface area contributed by atoms with E-state index in [1.807, 2.05) is 25.1 Å². The zero-order valence-corrected chi connectivity index (χ0v) is 16.1. The van der Waals surface area contributed by atoms with E-state index in [0.717, 1.165) is 28.7 Å². The fourth-order valence-corrected chi connectivity index (χ4v) is 3.40. The van der Waals surface area contributed by atoms with Gasteiger partial charge in [-0.3, -0.25) is 9.69 Å². The number of tetrazole rings is 1. The molecular weight excluding hydrogens is 360 g/mol. The van der Waals surface area contributed by atoms with E-state index in [0.29, 0.717) is 38.7 Å². The Balaban J connectivity index is 1.46. The molecule has 0 radical (unpaired) electrons. The van der Waals surface area contributed by atoms with Crippen molar-refractivity contribution in [2.45, 2.75) is 26.1 Å². The van der Waals surface area contributed by atoms with E-state index in [1.165, 1.54) is 4.80 Å². The van der Waals surface area contributed by atoms with Crippen LogP contribution in [0.1, 0.15) is 23.2 Å². The number of methoxy groups -OCH3 is 1. The number of rotatable bonds is 6. The molecule has 0 aliphatic carbocycles. The largest absolute Gasteiger partial charge is 0.383 e. The zero-order valence-electron chi connectivity index (χ0n) is 16.1. The molecule has 0 spiro atoms. The highest BCUT2D eigenvalue weighted by molar-refractivity contribution is 5.79. The number of pyridine rings is 1. The third-order valence-corrected chi connectivity index (χ3v) is 4.84. The average Bonchev–Trinajstić information content (AvgIpc) is 3.16. The monoisotopic (exact) mass is 384 g/mol. The molecule has 0 saturated carbocycles. The van der Waals surface area contributed by atoms with Crippen LogP contribution in [0.2, 0.25) is 0 Å². The molecule has 28 heavy (non-hydrogen) atoms. The van der Waals surface area contributed by atoms with Crippen LogP contribution in [0.3, 0.4) is 0 Å². The number of morpholine rings is 1.